The SMILES string of the molecule is Cc1cnn(-c2cccc(B3OC(C)(C)C(C)(C)O3)c2)c1. The second-order valence-corrected chi connectivity index (χ2v) is 6.65. The second kappa shape index (κ2) is 4.72. The topological polar surface area (TPSA) is 36.3 Å². The number of nitrogens with zero attached hydrogens (tertiary/aromatic N) is 2. The van der Waals surface area contributed by atoms with Crippen molar-refractivity contribution in [2.45, 2.75) is 45.8 Å². The van der Waals surface area contributed by atoms with Gasteiger partial charge in [0.25, 0.3) is 0 Å². The molecular formula is C16H21BN2O2. The number of hydrogen-bond acceptors (Lipinski definition) is 3. The zero-order valence-corrected chi connectivity index (χ0v) is 13.3. The first kappa shape index (κ1) is 14.4. The molecule has 21 heavy (non-hydrogen) atoms. The lowest BCUT2D eigenvalue weighted by Crippen LogP contribution is -2.41. The van der Waals surface area contributed by atoms with Crippen molar-refractivity contribution in [1.82, 2.24) is 9.78 Å². The third-order valence-corrected chi connectivity index (χ3v) is 4.37. The van der Waals surface area contributed by atoms with Gasteiger partial charge in [-0.3, -0.25) is 0 Å². The van der Waals surface area contributed by atoms with Gasteiger partial charge in [-0.15, -0.1) is 0 Å². The van der Waals surface area contributed by atoms with E-state index in [0.717, 1.165) is 16.7 Å². The fourth-order valence-corrected chi connectivity index (χ4v) is 2.35. The van der Waals surface area contributed by atoms with Gasteiger partial charge in [0.1, 0.15) is 0 Å². The summed E-state index contributed by atoms with van der Waals surface area (Å²) in [6, 6.07) is 8.13. The van der Waals surface area contributed by atoms with E-state index in [4.69, 9.17) is 9.31 Å². The minimum absolute atomic E-state index is 0.323. The Hall–Kier alpha value is -1.59. The molecule has 0 spiro atoms. The summed E-state index contributed by atoms with van der Waals surface area (Å²) in [6.07, 6.45) is 3.85. The van der Waals surface area contributed by atoms with Crippen LogP contribution in [0, 0.1) is 6.92 Å². The molecule has 0 N–H and O–H groups in total. The highest BCUT2D eigenvalue weighted by molar-refractivity contribution is 6.62. The second-order valence-electron chi connectivity index (χ2n) is 6.65. The first-order valence-corrected chi connectivity index (χ1v) is 7.26. The van der Waals surface area contributed by atoms with Gasteiger partial charge in [0.05, 0.1) is 23.1 Å². The van der Waals surface area contributed by atoms with Crippen LogP contribution in [-0.2, 0) is 9.31 Å². The summed E-state index contributed by atoms with van der Waals surface area (Å²) < 4.78 is 14.1. The summed E-state index contributed by atoms with van der Waals surface area (Å²) in [5.74, 6) is 0. The van der Waals surface area contributed by atoms with E-state index in [-0.39, 0.29) is 18.3 Å². The summed E-state index contributed by atoms with van der Waals surface area (Å²) in [4.78, 5) is 0. The zero-order valence-electron chi connectivity index (χ0n) is 13.3. The molecule has 0 aliphatic carbocycles. The fourth-order valence-electron chi connectivity index (χ4n) is 2.35. The molecular weight excluding hydrogens is 263 g/mol. The van der Waals surface area contributed by atoms with E-state index in [0.29, 0.717) is 0 Å². The quantitative estimate of drug-likeness (QED) is 0.795. The smallest absolute Gasteiger partial charge is 0.399 e. The maximum atomic E-state index is 6.09. The molecule has 2 heterocycles. The van der Waals surface area contributed by atoms with Crippen LogP contribution in [-0.4, -0.2) is 28.1 Å². The molecule has 1 aromatic heterocycles. The lowest BCUT2D eigenvalue weighted by Gasteiger charge is -2.32. The normalized spacial score (nSPS) is 20.0. The van der Waals surface area contributed by atoms with Gasteiger partial charge in [-0.05, 0) is 57.8 Å². The van der Waals surface area contributed by atoms with Crippen LogP contribution < -0.4 is 5.46 Å². The average Bonchev–Trinajstić information content (AvgIpc) is 2.92. The Morgan fingerprint density at radius 2 is 1.76 bits per heavy atom. The number of rotatable bonds is 2. The molecule has 5 heteroatoms. The molecule has 1 aliphatic rings. The highest BCUT2D eigenvalue weighted by atomic mass is 16.7. The van der Waals surface area contributed by atoms with Gasteiger partial charge >= 0.3 is 7.12 Å². The van der Waals surface area contributed by atoms with Gasteiger partial charge in [0, 0.05) is 6.20 Å². The molecule has 1 aromatic carbocycles. The first-order chi connectivity index (χ1) is 9.78. The van der Waals surface area contributed by atoms with Crippen molar-refractivity contribution in [3.8, 4) is 5.69 Å². The Balaban J connectivity index is 1.91. The van der Waals surface area contributed by atoms with Crippen LogP contribution >= 0.6 is 0 Å². The Labute approximate surface area is 126 Å². The summed E-state index contributed by atoms with van der Waals surface area (Å²) in [7, 11) is -0.341. The summed E-state index contributed by atoms with van der Waals surface area (Å²) in [6.45, 7) is 10.3. The van der Waals surface area contributed by atoms with E-state index in [1.807, 2.05) is 42.2 Å². The van der Waals surface area contributed by atoms with Crippen molar-refractivity contribution in [3.63, 3.8) is 0 Å². The van der Waals surface area contributed by atoms with Crippen molar-refractivity contribution < 1.29 is 9.31 Å². The van der Waals surface area contributed by atoms with Crippen LogP contribution in [0.4, 0.5) is 0 Å². The molecule has 110 valence electrons. The average molecular weight is 284 g/mol. The molecule has 0 radical (unpaired) electrons. The molecule has 0 bridgehead atoms. The Morgan fingerprint density at radius 3 is 2.33 bits per heavy atom. The Morgan fingerprint density at radius 1 is 1.10 bits per heavy atom. The molecule has 3 rings (SSSR count). The van der Waals surface area contributed by atoms with Gasteiger partial charge in [0.2, 0.25) is 0 Å². The fraction of sp³-hybridized carbons (Fsp3) is 0.438. The summed E-state index contributed by atoms with van der Waals surface area (Å²) >= 11 is 0. The lowest BCUT2D eigenvalue weighted by atomic mass is 9.79. The highest BCUT2D eigenvalue weighted by Gasteiger charge is 2.51. The van der Waals surface area contributed by atoms with E-state index in [2.05, 4.69) is 38.9 Å². The van der Waals surface area contributed by atoms with Crippen molar-refractivity contribution in [1.29, 1.82) is 0 Å². The molecule has 0 unspecified atom stereocenters. The molecule has 1 saturated heterocycles. The molecule has 0 amide bonds. The monoisotopic (exact) mass is 284 g/mol. The van der Waals surface area contributed by atoms with Crippen LogP contribution in [0.3, 0.4) is 0 Å². The van der Waals surface area contributed by atoms with Crippen molar-refractivity contribution in [2.75, 3.05) is 0 Å². The maximum absolute atomic E-state index is 6.09. The van der Waals surface area contributed by atoms with Crippen LogP contribution in [0.15, 0.2) is 36.7 Å². The van der Waals surface area contributed by atoms with Crippen LogP contribution in [0.25, 0.3) is 5.69 Å². The van der Waals surface area contributed by atoms with Crippen LogP contribution in [0.2, 0.25) is 0 Å². The predicted octanol–water partition coefficient (Wildman–Crippen LogP) is 2.48. The molecule has 2 aromatic rings. The van der Waals surface area contributed by atoms with Crippen molar-refractivity contribution in [3.05, 3.63) is 42.2 Å². The maximum Gasteiger partial charge on any atom is 0.494 e. The molecule has 1 aliphatic heterocycles. The minimum atomic E-state index is -0.341. The number of aryl methyl sites for hydroxylation is 1. The third kappa shape index (κ3) is 2.52. The van der Waals surface area contributed by atoms with Crippen molar-refractivity contribution >= 4 is 12.6 Å². The van der Waals surface area contributed by atoms with Gasteiger partial charge in [-0.1, -0.05) is 12.1 Å². The predicted molar refractivity (Wildman–Crippen MR) is 84.0 cm³/mol. The minimum Gasteiger partial charge on any atom is -0.399 e. The van der Waals surface area contributed by atoms with Crippen molar-refractivity contribution in [2.24, 2.45) is 0 Å². The summed E-state index contributed by atoms with van der Waals surface area (Å²) in [5.41, 5.74) is 2.51. The summed E-state index contributed by atoms with van der Waals surface area (Å²) in [5, 5.41) is 4.35. The number of aromatic nitrogens is 2. The van der Waals surface area contributed by atoms with Gasteiger partial charge in [0.15, 0.2) is 0 Å². The lowest BCUT2D eigenvalue weighted by molar-refractivity contribution is 0.00578. The van der Waals surface area contributed by atoms with Crippen LogP contribution in [0.5, 0.6) is 0 Å². The van der Waals surface area contributed by atoms with E-state index < -0.39 is 0 Å². The molecule has 0 saturated carbocycles. The van der Waals surface area contributed by atoms with E-state index >= 15 is 0 Å². The van der Waals surface area contributed by atoms with E-state index in [9.17, 15) is 0 Å². The zero-order chi connectivity index (χ0) is 15.3. The largest absolute Gasteiger partial charge is 0.494 e. The number of hydrogen-bond donors (Lipinski definition) is 0. The van der Waals surface area contributed by atoms with E-state index in [1.165, 1.54) is 0 Å². The Kier molecular flexibility index (Phi) is 3.22. The van der Waals surface area contributed by atoms with Gasteiger partial charge in [-0.25, -0.2) is 4.68 Å². The molecule has 0 atom stereocenters. The van der Waals surface area contributed by atoms with E-state index in [1.54, 1.807) is 0 Å². The van der Waals surface area contributed by atoms with Crippen LogP contribution in [0.1, 0.15) is 33.3 Å². The molecule has 4 nitrogen and oxygen atoms in total. The molecule has 1 fully saturated rings. The Bertz CT molecular complexity index is 648. The first-order valence-electron chi connectivity index (χ1n) is 7.26. The van der Waals surface area contributed by atoms with Gasteiger partial charge in [-0.2, -0.15) is 5.10 Å². The highest BCUT2D eigenvalue weighted by Crippen LogP contribution is 2.36. The number of benzene rings is 1. The third-order valence-electron chi connectivity index (χ3n) is 4.37. The van der Waals surface area contributed by atoms with Gasteiger partial charge < -0.3 is 9.31 Å². The standard InChI is InChI=1S/C16H21BN2O2/c1-12-10-18-19(11-12)14-8-6-7-13(9-14)17-20-15(2,3)16(4,5)21-17/h6-11H,1-5H3.